The predicted octanol–water partition coefficient (Wildman–Crippen LogP) is 4.11. The number of likely N-dealkylation sites (tertiary alicyclic amines) is 1. The van der Waals surface area contributed by atoms with E-state index in [1.54, 1.807) is 38.2 Å². The van der Waals surface area contributed by atoms with Crippen LogP contribution in [-0.4, -0.2) is 108 Å². The van der Waals surface area contributed by atoms with Gasteiger partial charge in [-0.1, -0.05) is 6.07 Å². The number of ether oxygens (including phenoxy) is 4. The first-order valence-corrected chi connectivity index (χ1v) is 17.7. The molecule has 1 fully saturated rings. The second-order valence-corrected chi connectivity index (χ2v) is 13.6. The Balaban J connectivity index is 0.000000214. The summed E-state index contributed by atoms with van der Waals surface area (Å²) in [5, 5.41) is 19.7. The van der Waals surface area contributed by atoms with Crippen LogP contribution in [-0.2, 0) is 25.9 Å². The molecule has 0 spiro atoms. The first kappa shape index (κ1) is 37.4. The summed E-state index contributed by atoms with van der Waals surface area (Å²) >= 11 is 0. The van der Waals surface area contributed by atoms with Gasteiger partial charge in [-0.25, -0.2) is 9.59 Å². The molecule has 3 aliphatic heterocycles. The molecule has 0 saturated carbocycles. The number of aromatic nitrogens is 1. The van der Waals surface area contributed by atoms with Crippen molar-refractivity contribution in [1.82, 2.24) is 19.3 Å². The number of amides is 3. The molecular weight excluding hydrogens is 682 g/mol. The maximum Gasteiger partial charge on any atom is 0.415 e. The molecule has 1 unspecified atom stereocenters. The van der Waals surface area contributed by atoms with Crippen molar-refractivity contribution in [2.75, 3.05) is 54.6 Å². The lowest BCUT2D eigenvalue weighted by molar-refractivity contribution is 0.0937. The molecule has 282 valence electrons. The average molecular weight is 730 g/mol. The lowest BCUT2D eigenvalue weighted by Gasteiger charge is -2.33. The summed E-state index contributed by atoms with van der Waals surface area (Å²) in [4.78, 5) is 40.9. The van der Waals surface area contributed by atoms with Crippen molar-refractivity contribution in [3.63, 3.8) is 0 Å². The zero-order valence-corrected chi connectivity index (χ0v) is 30.5. The number of carbonyl (C=O) groups is 3. The molecule has 7 rings (SSSR count). The second-order valence-electron chi connectivity index (χ2n) is 13.6. The Labute approximate surface area is 308 Å². The van der Waals surface area contributed by atoms with E-state index in [1.807, 2.05) is 30.3 Å². The van der Waals surface area contributed by atoms with Gasteiger partial charge in [0.15, 0.2) is 0 Å². The Bertz CT molecular complexity index is 1990. The summed E-state index contributed by atoms with van der Waals surface area (Å²) in [6.07, 6.45) is 3.38. The molecule has 3 aliphatic rings. The molecule has 3 aromatic carbocycles. The third kappa shape index (κ3) is 8.04. The molecule has 14 heteroatoms. The normalized spacial score (nSPS) is 16.6. The van der Waals surface area contributed by atoms with E-state index in [0.29, 0.717) is 47.5 Å². The van der Waals surface area contributed by atoms with Crippen molar-refractivity contribution in [3.05, 3.63) is 82.5 Å². The number of aliphatic hydroxyl groups excluding tert-OH is 2. The molecular formula is C39H47N5O9. The van der Waals surface area contributed by atoms with E-state index in [1.165, 1.54) is 12.0 Å². The van der Waals surface area contributed by atoms with Crippen LogP contribution >= 0.6 is 0 Å². The summed E-state index contributed by atoms with van der Waals surface area (Å²) in [5.74, 6) is 1.97. The number of nitrogens with two attached hydrogens (primary N) is 1. The number of primary amides is 1. The molecule has 4 aromatic rings. The SMILES string of the molecule is COc1ccc2c(c1CC(O)CO)OC(=O)N(C)C2.COc1ccc2c(c1CCN1CCC(n3ccc4ccc(C(N)=O)cc43)CC1)OC(=O)N(C)C2. The molecule has 0 bridgehead atoms. The highest BCUT2D eigenvalue weighted by Gasteiger charge is 2.29. The van der Waals surface area contributed by atoms with Gasteiger partial charge in [-0.2, -0.15) is 0 Å². The van der Waals surface area contributed by atoms with Crippen molar-refractivity contribution < 1.29 is 43.5 Å². The van der Waals surface area contributed by atoms with Gasteiger partial charge in [-0.15, -0.1) is 0 Å². The van der Waals surface area contributed by atoms with E-state index in [-0.39, 0.29) is 19.1 Å². The smallest absolute Gasteiger partial charge is 0.415 e. The molecule has 3 amide bonds. The van der Waals surface area contributed by atoms with Gasteiger partial charge in [0, 0.05) is 85.7 Å². The van der Waals surface area contributed by atoms with E-state index in [2.05, 4.69) is 21.7 Å². The van der Waals surface area contributed by atoms with Crippen LogP contribution in [0.15, 0.2) is 54.7 Å². The minimum absolute atomic E-state index is 0.167. The van der Waals surface area contributed by atoms with Crippen LogP contribution in [0.25, 0.3) is 10.9 Å². The maximum atomic E-state index is 12.1. The van der Waals surface area contributed by atoms with E-state index in [9.17, 15) is 19.5 Å². The quantitative estimate of drug-likeness (QED) is 0.216. The number of hydrogen-bond acceptors (Lipinski definition) is 10. The Morgan fingerprint density at radius 3 is 2.04 bits per heavy atom. The van der Waals surface area contributed by atoms with E-state index < -0.39 is 18.1 Å². The van der Waals surface area contributed by atoms with Crippen LogP contribution in [0, 0.1) is 0 Å². The van der Waals surface area contributed by atoms with Crippen LogP contribution in [0.1, 0.15) is 51.5 Å². The molecule has 4 N–H and O–H groups in total. The molecule has 1 aromatic heterocycles. The van der Waals surface area contributed by atoms with Crippen molar-refractivity contribution in [3.8, 4) is 23.0 Å². The summed E-state index contributed by atoms with van der Waals surface area (Å²) in [5.41, 5.74) is 10.5. The van der Waals surface area contributed by atoms with Crippen LogP contribution in [0.3, 0.4) is 0 Å². The minimum Gasteiger partial charge on any atom is -0.496 e. The van der Waals surface area contributed by atoms with Gasteiger partial charge in [0.05, 0.1) is 40.0 Å². The summed E-state index contributed by atoms with van der Waals surface area (Å²) in [6, 6.07) is 15.6. The molecule has 53 heavy (non-hydrogen) atoms. The number of fused-ring (bicyclic) bond motifs is 3. The number of aliphatic hydroxyl groups is 2. The van der Waals surface area contributed by atoms with E-state index in [4.69, 9.17) is 29.8 Å². The van der Waals surface area contributed by atoms with E-state index in [0.717, 1.165) is 72.2 Å². The average Bonchev–Trinajstić information content (AvgIpc) is 3.59. The molecule has 0 aliphatic carbocycles. The monoisotopic (exact) mass is 729 g/mol. The second kappa shape index (κ2) is 16.1. The highest BCUT2D eigenvalue weighted by molar-refractivity contribution is 5.97. The number of hydrogen-bond donors (Lipinski definition) is 3. The summed E-state index contributed by atoms with van der Waals surface area (Å²) in [6.45, 7) is 3.44. The van der Waals surface area contributed by atoms with Gasteiger partial charge in [-0.3, -0.25) is 4.79 Å². The fourth-order valence-electron chi connectivity index (χ4n) is 7.21. The lowest BCUT2D eigenvalue weighted by atomic mass is 10.0. The first-order valence-electron chi connectivity index (χ1n) is 17.7. The van der Waals surface area contributed by atoms with Gasteiger partial charge >= 0.3 is 12.2 Å². The fraction of sp³-hybridized carbons (Fsp3) is 0.410. The number of carbonyl (C=O) groups excluding carboxylic acids is 3. The Morgan fingerprint density at radius 2 is 1.47 bits per heavy atom. The third-order valence-electron chi connectivity index (χ3n) is 10.1. The lowest BCUT2D eigenvalue weighted by Crippen LogP contribution is -2.36. The van der Waals surface area contributed by atoms with Gasteiger partial charge in [0.1, 0.15) is 23.0 Å². The van der Waals surface area contributed by atoms with Crippen LogP contribution in [0.2, 0.25) is 0 Å². The van der Waals surface area contributed by atoms with E-state index >= 15 is 0 Å². The molecule has 14 nitrogen and oxygen atoms in total. The number of benzene rings is 3. The van der Waals surface area contributed by atoms with Gasteiger partial charge < -0.3 is 54.2 Å². The molecule has 4 heterocycles. The van der Waals surface area contributed by atoms with Gasteiger partial charge in [0.2, 0.25) is 5.91 Å². The fourth-order valence-corrected chi connectivity index (χ4v) is 7.21. The molecule has 1 saturated heterocycles. The minimum atomic E-state index is -0.918. The zero-order valence-electron chi connectivity index (χ0n) is 30.5. The number of rotatable bonds is 10. The zero-order chi connectivity index (χ0) is 37.8. The predicted molar refractivity (Wildman–Crippen MR) is 197 cm³/mol. The Morgan fingerprint density at radius 1 is 0.887 bits per heavy atom. The molecule has 0 radical (unpaired) electrons. The third-order valence-corrected chi connectivity index (χ3v) is 10.1. The summed E-state index contributed by atoms with van der Waals surface area (Å²) < 4.78 is 24.0. The van der Waals surface area contributed by atoms with Crippen LogP contribution in [0.5, 0.6) is 23.0 Å². The van der Waals surface area contributed by atoms with Gasteiger partial charge in [0.25, 0.3) is 0 Å². The number of piperidine rings is 1. The van der Waals surface area contributed by atoms with Crippen LogP contribution < -0.4 is 24.7 Å². The highest BCUT2D eigenvalue weighted by Crippen LogP contribution is 2.38. The molecule has 1 atom stereocenters. The number of nitrogens with zero attached hydrogens (tertiary/aromatic N) is 4. The number of methoxy groups -OCH3 is 2. The standard InChI is InChI=1S/C26H30N4O4.C13H17NO5/c1-28-16-19-5-6-23(33-2)21(24(19)34-26(28)32)10-13-29-11-8-20(9-12-29)30-14-7-17-3-4-18(25(27)31)15-22(17)30;1-14-6-8-3-4-11(18-2)10(5-9(16)7-15)12(8)19-13(14)17/h3-7,14-15,20H,8-13,16H2,1-2H3,(H2,27,31);3-4,9,15-16H,5-7H2,1-2H3. The van der Waals surface area contributed by atoms with Gasteiger partial charge in [-0.05, 0) is 67.1 Å². The van der Waals surface area contributed by atoms with Crippen molar-refractivity contribution in [2.45, 2.75) is 50.9 Å². The van der Waals surface area contributed by atoms with Crippen molar-refractivity contribution in [1.29, 1.82) is 0 Å². The van der Waals surface area contributed by atoms with Crippen molar-refractivity contribution >= 4 is 29.0 Å². The topological polar surface area (TPSA) is 169 Å². The summed E-state index contributed by atoms with van der Waals surface area (Å²) in [7, 11) is 6.55. The Hall–Kier alpha value is -5.31. The highest BCUT2D eigenvalue weighted by atomic mass is 16.6. The van der Waals surface area contributed by atoms with Crippen LogP contribution in [0.4, 0.5) is 9.59 Å². The van der Waals surface area contributed by atoms with Crippen molar-refractivity contribution in [2.24, 2.45) is 5.73 Å². The maximum absolute atomic E-state index is 12.1. The largest absolute Gasteiger partial charge is 0.496 e. The Kier molecular flexibility index (Phi) is 11.4. The first-order chi connectivity index (χ1) is 25.5.